The van der Waals surface area contributed by atoms with Crippen LogP contribution in [0, 0.1) is 0 Å². The number of carboxylic acids is 1. The van der Waals surface area contributed by atoms with Crippen molar-refractivity contribution in [2.24, 2.45) is 5.14 Å². The standard InChI is InChI=1S/C17H16N2O5S/c1-19-14(16(20)21)17(25(18,22)23)24-15(19)13-9-7-12(8-10-13)11-5-3-2-4-6-11/h2-10,15H,1H3,(H,20,21)(H2,18,22,23). The topological polar surface area (TPSA) is 110 Å². The zero-order chi connectivity index (χ0) is 18.2. The smallest absolute Gasteiger partial charge is 0.357 e. The molecule has 8 heteroatoms. The van der Waals surface area contributed by atoms with Gasteiger partial charge in [0.2, 0.25) is 0 Å². The lowest BCUT2D eigenvalue weighted by Crippen LogP contribution is -2.24. The highest BCUT2D eigenvalue weighted by Crippen LogP contribution is 2.37. The van der Waals surface area contributed by atoms with Gasteiger partial charge in [-0.3, -0.25) is 0 Å². The van der Waals surface area contributed by atoms with Gasteiger partial charge in [0.1, 0.15) is 0 Å². The van der Waals surface area contributed by atoms with Crippen molar-refractivity contribution in [3.05, 3.63) is 70.9 Å². The number of nitrogens with zero attached hydrogens (tertiary/aromatic N) is 1. The molecule has 0 saturated heterocycles. The van der Waals surface area contributed by atoms with Gasteiger partial charge in [-0.15, -0.1) is 0 Å². The molecular weight excluding hydrogens is 344 g/mol. The van der Waals surface area contributed by atoms with E-state index in [9.17, 15) is 18.3 Å². The fraction of sp³-hybridized carbons (Fsp3) is 0.118. The number of hydrogen-bond donors (Lipinski definition) is 2. The molecule has 0 amide bonds. The van der Waals surface area contributed by atoms with E-state index in [-0.39, 0.29) is 0 Å². The summed E-state index contributed by atoms with van der Waals surface area (Å²) >= 11 is 0. The zero-order valence-electron chi connectivity index (χ0n) is 13.3. The molecule has 0 aromatic heterocycles. The molecule has 0 aliphatic carbocycles. The Morgan fingerprint density at radius 2 is 1.64 bits per heavy atom. The molecule has 130 valence electrons. The van der Waals surface area contributed by atoms with E-state index in [0.717, 1.165) is 11.1 Å². The van der Waals surface area contributed by atoms with Crippen LogP contribution in [-0.4, -0.2) is 31.4 Å². The van der Waals surface area contributed by atoms with Gasteiger partial charge in [-0.1, -0.05) is 54.6 Å². The third kappa shape index (κ3) is 3.21. The summed E-state index contributed by atoms with van der Waals surface area (Å²) in [5.41, 5.74) is 2.13. The van der Waals surface area contributed by atoms with E-state index in [1.54, 1.807) is 12.1 Å². The number of benzene rings is 2. The van der Waals surface area contributed by atoms with Crippen molar-refractivity contribution in [2.45, 2.75) is 6.23 Å². The summed E-state index contributed by atoms with van der Waals surface area (Å²) in [7, 11) is -2.84. The normalized spacial score (nSPS) is 17.5. The number of carboxylic acid groups (broad SMARTS) is 1. The summed E-state index contributed by atoms with van der Waals surface area (Å²) in [5.74, 6) is -1.42. The lowest BCUT2D eigenvalue weighted by molar-refractivity contribution is -0.134. The Hall–Kier alpha value is -2.84. The number of carbonyl (C=O) groups is 1. The van der Waals surface area contributed by atoms with Crippen LogP contribution in [-0.2, 0) is 19.6 Å². The van der Waals surface area contributed by atoms with Crippen molar-refractivity contribution >= 4 is 16.0 Å². The van der Waals surface area contributed by atoms with E-state index in [2.05, 4.69) is 0 Å². The Morgan fingerprint density at radius 1 is 1.08 bits per heavy atom. The molecule has 2 aromatic rings. The number of rotatable bonds is 4. The highest BCUT2D eigenvalue weighted by Gasteiger charge is 2.40. The summed E-state index contributed by atoms with van der Waals surface area (Å²) in [6.07, 6.45) is -0.885. The van der Waals surface area contributed by atoms with E-state index >= 15 is 0 Å². The van der Waals surface area contributed by atoms with E-state index in [0.29, 0.717) is 5.56 Å². The van der Waals surface area contributed by atoms with Crippen molar-refractivity contribution < 1.29 is 23.1 Å². The lowest BCUT2D eigenvalue weighted by atomic mass is 10.0. The highest BCUT2D eigenvalue weighted by atomic mass is 32.2. The second-order valence-electron chi connectivity index (χ2n) is 5.56. The Labute approximate surface area is 145 Å². The summed E-state index contributed by atoms with van der Waals surface area (Å²) in [4.78, 5) is 12.6. The maximum absolute atomic E-state index is 11.6. The van der Waals surface area contributed by atoms with Gasteiger partial charge in [0.05, 0.1) is 0 Å². The van der Waals surface area contributed by atoms with Gasteiger partial charge in [-0.25, -0.2) is 18.4 Å². The molecule has 2 aromatic carbocycles. The Bertz CT molecular complexity index is 937. The third-order valence-electron chi connectivity index (χ3n) is 3.88. The largest absolute Gasteiger partial charge is 0.476 e. The summed E-state index contributed by atoms with van der Waals surface area (Å²) in [6.45, 7) is 0. The maximum atomic E-state index is 11.6. The first kappa shape index (κ1) is 17.0. The van der Waals surface area contributed by atoms with Crippen LogP contribution in [0.25, 0.3) is 11.1 Å². The first-order valence-corrected chi connectivity index (χ1v) is 8.89. The van der Waals surface area contributed by atoms with Crippen molar-refractivity contribution in [3.63, 3.8) is 0 Å². The lowest BCUT2D eigenvalue weighted by Gasteiger charge is -2.21. The van der Waals surface area contributed by atoms with E-state index in [1.165, 1.54) is 11.9 Å². The van der Waals surface area contributed by atoms with Gasteiger partial charge in [-0.2, -0.15) is 0 Å². The van der Waals surface area contributed by atoms with Crippen LogP contribution in [0.4, 0.5) is 0 Å². The minimum absolute atomic E-state index is 0.486. The van der Waals surface area contributed by atoms with Crippen molar-refractivity contribution in [1.82, 2.24) is 4.90 Å². The predicted octanol–water partition coefficient (Wildman–Crippen LogP) is 1.86. The van der Waals surface area contributed by atoms with Crippen LogP contribution in [0.2, 0.25) is 0 Å². The molecule has 0 fully saturated rings. The van der Waals surface area contributed by atoms with E-state index in [1.807, 2.05) is 42.5 Å². The quantitative estimate of drug-likeness (QED) is 0.861. The first-order chi connectivity index (χ1) is 11.8. The van der Waals surface area contributed by atoms with Crippen molar-refractivity contribution in [1.29, 1.82) is 0 Å². The average Bonchev–Trinajstić information content (AvgIpc) is 2.94. The van der Waals surface area contributed by atoms with Crippen LogP contribution < -0.4 is 5.14 Å². The minimum atomic E-state index is -4.29. The molecule has 1 aliphatic rings. The molecule has 0 radical (unpaired) electrons. The molecule has 0 bridgehead atoms. The maximum Gasteiger partial charge on any atom is 0.357 e. The van der Waals surface area contributed by atoms with E-state index in [4.69, 9.17) is 9.88 Å². The molecule has 25 heavy (non-hydrogen) atoms. The number of aliphatic carboxylic acids is 1. The molecule has 1 unspecified atom stereocenters. The van der Waals surface area contributed by atoms with Crippen molar-refractivity contribution in [3.8, 4) is 11.1 Å². The molecule has 7 nitrogen and oxygen atoms in total. The van der Waals surface area contributed by atoms with Gasteiger partial charge in [-0.05, 0) is 11.1 Å². The molecule has 3 N–H and O–H groups in total. The molecule has 0 saturated carbocycles. The van der Waals surface area contributed by atoms with E-state index < -0.39 is 33.0 Å². The monoisotopic (exact) mass is 360 g/mol. The minimum Gasteiger partial charge on any atom is -0.476 e. The van der Waals surface area contributed by atoms with Crippen LogP contribution in [0.3, 0.4) is 0 Å². The summed E-state index contributed by atoms with van der Waals surface area (Å²) < 4.78 is 28.6. The van der Waals surface area contributed by atoms with Crippen LogP contribution in [0.15, 0.2) is 65.4 Å². The van der Waals surface area contributed by atoms with Crippen LogP contribution >= 0.6 is 0 Å². The number of ether oxygens (including phenoxy) is 1. The first-order valence-electron chi connectivity index (χ1n) is 7.34. The molecule has 1 atom stereocenters. The van der Waals surface area contributed by atoms with Gasteiger partial charge in [0.15, 0.2) is 11.9 Å². The second kappa shape index (κ2) is 6.23. The molecule has 1 aliphatic heterocycles. The number of likely N-dealkylation sites (N-methyl/N-ethyl adjacent to an activating group) is 1. The summed E-state index contributed by atoms with van der Waals surface area (Å²) in [6, 6.07) is 17.0. The number of nitrogens with two attached hydrogens (primary N) is 1. The Kier molecular flexibility index (Phi) is 4.23. The average molecular weight is 360 g/mol. The number of primary sulfonamides is 1. The fourth-order valence-electron chi connectivity index (χ4n) is 2.70. The Balaban J connectivity index is 1.93. The van der Waals surface area contributed by atoms with Crippen LogP contribution in [0.5, 0.6) is 0 Å². The fourth-order valence-corrected chi connectivity index (χ4v) is 3.43. The third-order valence-corrected chi connectivity index (χ3v) is 4.69. The summed E-state index contributed by atoms with van der Waals surface area (Å²) in [5, 5.41) is 13.6. The number of hydrogen-bond acceptors (Lipinski definition) is 5. The highest BCUT2D eigenvalue weighted by molar-refractivity contribution is 7.92. The van der Waals surface area contributed by atoms with Gasteiger partial charge in [0.25, 0.3) is 15.1 Å². The molecular formula is C17H16N2O5S. The SMILES string of the molecule is CN1C(C(=O)O)=C(S(N)(=O)=O)OC1c1ccc(-c2ccccc2)cc1. The molecule has 1 heterocycles. The number of sulfonamides is 1. The molecule has 0 spiro atoms. The second-order valence-corrected chi connectivity index (χ2v) is 7.02. The van der Waals surface area contributed by atoms with Gasteiger partial charge >= 0.3 is 5.97 Å². The van der Waals surface area contributed by atoms with Crippen LogP contribution in [0.1, 0.15) is 11.8 Å². The Morgan fingerprint density at radius 3 is 2.12 bits per heavy atom. The zero-order valence-corrected chi connectivity index (χ0v) is 14.1. The predicted molar refractivity (Wildman–Crippen MR) is 91.2 cm³/mol. The molecule has 3 rings (SSSR count). The van der Waals surface area contributed by atoms with Gasteiger partial charge < -0.3 is 14.7 Å². The van der Waals surface area contributed by atoms with Gasteiger partial charge in [0, 0.05) is 12.6 Å². The van der Waals surface area contributed by atoms with Crippen molar-refractivity contribution in [2.75, 3.05) is 7.05 Å².